The number of fused-ring (bicyclic) bond motifs is 1. The van der Waals surface area contributed by atoms with Gasteiger partial charge in [-0.05, 0) is 60.5 Å². The smallest absolute Gasteiger partial charge is 0.341 e. The highest BCUT2D eigenvalue weighted by atomic mass is 79.9. The zero-order chi connectivity index (χ0) is 18.8. The molecule has 1 aliphatic rings. The fourth-order valence-electron chi connectivity index (χ4n) is 3.18. The summed E-state index contributed by atoms with van der Waals surface area (Å²) in [5.74, 6) is -0.634. The summed E-state index contributed by atoms with van der Waals surface area (Å²) in [7, 11) is 1.72. The highest BCUT2D eigenvalue weighted by molar-refractivity contribution is 9.10. The number of rotatable bonds is 5. The van der Waals surface area contributed by atoms with Gasteiger partial charge in [0.15, 0.2) is 0 Å². The lowest BCUT2D eigenvalue weighted by Crippen LogP contribution is -2.18. The van der Waals surface area contributed by atoms with Gasteiger partial charge in [0.1, 0.15) is 10.7 Å². The van der Waals surface area contributed by atoms with E-state index in [1.165, 1.54) is 20.9 Å². The minimum atomic E-state index is -0.346. The lowest BCUT2D eigenvalue weighted by Gasteiger charge is -2.12. The highest BCUT2D eigenvalue weighted by Crippen LogP contribution is 2.39. The van der Waals surface area contributed by atoms with Crippen molar-refractivity contribution >= 4 is 44.1 Å². The molecule has 0 aliphatic heterocycles. The van der Waals surface area contributed by atoms with Crippen molar-refractivity contribution in [2.24, 2.45) is 7.05 Å². The van der Waals surface area contributed by atoms with Gasteiger partial charge in [0, 0.05) is 11.9 Å². The van der Waals surface area contributed by atoms with E-state index in [0.29, 0.717) is 27.3 Å². The molecule has 0 radical (unpaired) electrons. The maximum absolute atomic E-state index is 12.8. The number of thiophene rings is 1. The first-order valence-electron chi connectivity index (χ1n) is 8.76. The maximum Gasteiger partial charge on any atom is 0.341 e. The van der Waals surface area contributed by atoms with Crippen LogP contribution in [0, 0.1) is 6.92 Å². The van der Waals surface area contributed by atoms with E-state index in [0.717, 1.165) is 43.4 Å². The van der Waals surface area contributed by atoms with Crippen LogP contribution in [0.25, 0.3) is 0 Å². The van der Waals surface area contributed by atoms with E-state index in [1.807, 2.05) is 13.8 Å². The van der Waals surface area contributed by atoms with Crippen molar-refractivity contribution in [3.05, 3.63) is 31.9 Å². The van der Waals surface area contributed by atoms with Crippen LogP contribution in [0.1, 0.15) is 63.2 Å². The first-order chi connectivity index (χ1) is 12.4. The van der Waals surface area contributed by atoms with Gasteiger partial charge < -0.3 is 10.1 Å². The lowest BCUT2D eigenvalue weighted by atomic mass is 9.95. The van der Waals surface area contributed by atoms with Gasteiger partial charge >= 0.3 is 5.97 Å². The fraction of sp³-hybridized carbons (Fsp3) is 0.500. The summed E-state index contributed by atoms with van der Waals surface area (Å²) in [5.41, 5.74) is 2.74. The van der Waals surface area contributed by atoms with Crippen LogP contribution in [0.4, 0.5) is 5.00 Å². The topological polar surface area (TPSA) is 73.2 Å². The predicted molar refractivity (Wildman–Crippen MR) is 105 cm³/mol. The monoisotopic (exact) mass is 439 g/mol. The van der Waals surface area contributed by atoms with E-state index in [2.05, 4.69) is 26.3 Å². The predicted octanol–water partition coefficient (Wildman–Crippen LogP) is 4.25. The van der Waals surface area contributed by atoms with E-state index in [1.54, 1.807) is 7.05 Å². The van der Waals surface area contributed by atoms with Crippen molar-refractivity contribution in [2.45, 2.75) is 46.0 Å². The number of hydrogen-bond donors (Lipinski definition) is 1. The zero-order valence-corrected chi connectivity index (χ0v) is 17.6. The number of hydrogen-bond acceptors (Lipinski definition) is 5. The first-order valence-corrected chi connectivity index (χ1v) is 10.4. The molecule has 1 aliphatic carbocycles. The molecule has 6 nitrogen and oxygen atoms in total. The number of ether oxygens (including phenoxy) is 1. The van der Waals surface area contributed by atoms with Crippen LogP contribution >= 0.6 is 27.3 Å². The molecule has 0 atom stereocenters. The Balaban J connectivity index is 1.95. The largest absolute Gasteiger partial charge is 0.462 e. The van der Waals surface area contributed by atoms with Crippen LogP contribution in [-0.4, -0.2) is 28.3 Å². The number of esters is 1. The van der Waals surface area contributed by atoms with E-state index in [-0.39, 0.29) is 11.9 Å². The molecule has 1 amide bonds. The summed E-state index contributed by atoms with van der Waals surface area (Å²) >= 11 is 4.91. The molecule has 26 heavy (non-hydrogen) atoms. The molecule has 8 heteroatoms. The zero-order valence-electron chi connectivity index (χ0n) is 15.1. The fourth-order valence-corrected chi connectivity index (χ4v) is 4.97. The van der Waals surface area contributed by atoms with Crippen LogP contribution in [0.15, 0.2) is 4.47 Å². The Labute approximate surface area is 165 Å². The Bertz CT molecular complexity index is 856. The summed E-state index contributed by atoms with van der Waals surface area (Å²) < 4.78 is 7.57. The molecule has 140 valence electrons. The van der Waals surface area contributed by atoms with Crippen LogP contribution in [0.3, 0.4) is 0 Å². The van der Waals surface area contributed by atoms with Gasteiger partial charge in [-0.25, -0.2) is 4.79 Å². The second-order valence-corrected chi connectivity index (χ2v) is 8.27. The number of halogens is 1. The van der Waals surface area contributed by atoms with E-state index < -0.39 is 0 Å². The molecule has 0 saturated carbocycles. The maximum atomic E-state index is 12.8. The molecule has 0 fully saturated rings. The summed E-state index contributed by atoms with van der Waals surface area (Å²) in [6, 6.07) is 0. The molecule has 0 bridgehead atoms. The number of carbonyl (C=O) groups is 2. The standard InChI is InChI=1S/C18H22BrN3O3S/c1-4-9-25-18(24)13-11-7-5-6-8-12(11)26-17(13)20-16(23)15-14(19)10(2)21-22(15)3/h4-9H2,1-3H3,(H,20,23). The quantitative estimate of drug-likeness (QED) is 0.706. The Morgan fingerprint density at radius 1 is 1.35 bits per heavy atom. The molecule has 2 heterocycles. The highest BCUT2D eigenvalue weighted by Gasteiger charge is 2.28. The second kappa shape index (κ2) is 7.92. The van der Waals surface area contributed by atoms with Gasteiger partial charge in [-0.2, -0.15) is 5.10 Å². The Morgan fingerprint density at radius 2 is 2.08 bits per heavy atom. The van der Waals surface area contributed by atoms with Crippen molar-refractivity contribution in [3.8, 4) is 0 Å². The van der Waals surface area contributed by atoms with Crippen molar-refractivity contribution in [1.29, 1.82) is 0 Å². The molecule has 0 saturated heterocycles. The SMILES string of the molecule is CCCOC(=O)c1c(NC(=O)c2c(Br)c(C)nn2C)sc2c1CCCC2. The average molecular weight is 440 g/mol. The molecule has 0 spiro atoms. The number of nitrogens with one attached hydrogen (secondary N) is 1. The molecule has 3 rings (SSSR count). The molecule has 0 unspecified atom stereocenters. The molecule has 2 aromatic rings. The van der Waals surface area contributed by atoms with Gasteiger partial charge in [0.2, 0.25) is 0 Å². The summed E-state index contributed by atoms with van der Waals surface area (Å²) in [6.07, 6.45) is 4.72. The molecule has 2 aromatic heterocycles. The van der Waals surface area contributed by atoms with Crippen molar-refractivity contribution in [2.75, 3.05) is 11.9 Å². The van der Waals surface area contributed by atoms with E-state index in [9.17, 15) is 9.59 Å². The summed E-state index contributed by atoms with van der Waals surface area (Å²) in [4.78, 5) is 26.6. The van der Waals surface area contributed by atoms with E-state index in [4.69, 9.17) is 4.74 Å². The van der Waals surface area contributed by atoms with Gasteiger partial charge in [0.05, 0.1) is 22.3 Å². The third kappa shape index (κ3) is 3.57. The number of aromatic nitrogens is 2. The van der Waals surface area contributed by atoms with Gasteiger partial charge in [-0.1, -0.05) is 6.92 Å². The van der Waals surface area contributed by atoms with Crippen LogP contribution in [0.2, 0.25) is 0 Å². The van der Waals surface area contributed by atoms with Gasteiger partial charge in [-0.15, -0.1) is 11.3 Å². The second-order valence-electron chi connectivity index (χ2n) is 6.38. The number of carbonyl (C=O) groups excluding carboxylic acids is 2. The van der Waals surface area contributed by atoms with Crippen molar-refractivity contribution in [1.82, 2.24) is 9.78 Å². The van der Waals surface area contributed by atoms with Crippen LogP contribution in [-0.2, 0) is 24.6 Å². The van der Waals surface area contributed by atoms with Crippen molar-refractivity contribution < 1.29 is 14.3 Å². The van der Waals surface area contributed by atoms with Crippen LogP contribution in [0.5, 0.6) is 0 Å². The minimum Gasteiger partial charge on any atom is -0.462 e. The number of nitrogens with zero attached hydrogens (tertiary/aromatic N) is 2. The molecular formula is C18H22BrN3O3S. The average Bonchev–Trinajstić information content (AvgIpc) is 3.09. The number of aryl methyl sites for hydroxylation is 3. The third-order valence-corrected chi connectivity index (χ3v) is 6.56. The normalized spacial score (nSPS) is 13.4. The third-order valence-electron chi connectivity index (χ3n) is 4.40. The van der Waals surface area contributed by atoms with Gasteiger partial charge in [-0.3, -0.25) is 9.48 Å². The van der Waals surface area contributed by atoms with E-state index >= 15 is 0 Å². The summed E-state index contributed by atoms with van der Waals surface area (Å²) in [5, 5.41) is 7.76. The van der Waals surface area contributed by atoms with Crippen LogP contribution < -0.4 is 5.32 Å². The molecular weight excluding hydrogens is 418 g/mol. The lowest BCUT2D eigenvalue weighted by molar-refractivity contribution is 0.0505. The number of anilines is 1. The van der Waals surface area contributed by atoms with Crippen molar-refractivity contribution in [3.63, 3.8) is 0 Å². The first kappa shape index (κ1) is 19.1. The summed E-state index contributed by atoms with van der Waals surface area (Å²) in [6.45, 7) is 4.17. The Morgan fingerprint density at radius 3 is 2.73 bits per heavy atom. The van der Waals surface area contributed by atoms with Gasteiger partial charge in [0.25, 0.3) is 5.91 Å². The molecule has 0 aromatic carbocycles. The Kier molecular flexibility index (Phi) is 5.82. The Hall–Kier alpha value is -1.67. The minimum absolute atomic E-state index is 0.289. The molecule has 1 N–H and O–H groups in total. The number of amides is 1.